The van der Waals surface area contributed by atoms with Crippen molar-refractivity contribution in [1.29, 1.82) is 0 Å². The van der Waals surface area contributed by atoms with E-state index in [1.807, 2.05) is 5.32 Å². The van der Waals surface area contributed by atoms with E-state index in [0.717, 1.165) is 0 Å². The van der Waals surface area contributed by atoms with Gasteiger partial charge in [-0.05, 0) is 36.1 Å². The van der Waals surface area contributed by atoms with Gasteiger partial charge >= 0.3 is 5.92 Å². The standard InChI is InChI=1S/C27H31Cl2F2N3O5/c1-4-10-32-26(38)27(30,31)24(36)23(16(2)3)34-25(37)21(11-17-8-6-5-7-9-17)33-22(35)15-39-20-13-18(28)12-19(29)14-20/h5-9,12-14,16,21,23H,4,10-11,15H2,1-3H3,(H,32,38)(H,33,35)(H,34,37). The monoisotopic (exact) mass is 585 g/mol. The second kappa shape index (κ2) is 14.8. The highest BCUT2D eigenvalue weighted by atomic mass is 35.5. The number of hydrogen-bond donors (Lipinski definition) is 3. The van der Waals surface area contributed by atoms with Crippen molar-refractivity contribution >= 4 is 46.7 Å². The number of carbonyl (C=O) groups is 4. The van der Waals surface area contributed by atoms with Crippen LogP contribution in [0.2, 0.25) is 10.0 Å². The number of halogens is 4. The lowest BCUT2D eigenvalue weighted by molar-refractivity contribution is -0.161. The van der Waals surface area contributed by atoms with Gasteiger partial charge in [0, 0.05) is 23.0 Å². The topological polar surface area (TPSA) is 114 Å². The van der Waals surface area contributed by atoms with Crippen LogP contribution >= 0.6 is 23.2 Å². The Balaban J connectivity index is 2.20. The molecule has 0 saturated carbocycles. The van der Waals surface area contributed by atoms with Crippen LogP contribution in [-0.4, -0.2) is 54.7 Å². The molecule has 0 radical (unpaired) electrons. The molecule has 0 aliphatic rings. The fraction of sp³-hybridized carbons (Fsp3) is 0.407. The average Bonchev–Trinajstić information content (AvgIpc) is 2.88. The molecule has 0 aliphatic carbocycles. The van der Waals surface area contributed by atoms with Crippen molar-refractivity contribution in [3.8, 4) is 5.75 Å². The third-order valence-corrected chi connectivity index (χ3v) is 5.95. The van der Waals surface area contributed by atoms with Gasteiger partial charge in [0.2, 0.25) is 11.7 Å². The summed E-state index contributed by atoms with van der Waals surface area (Å²) >= 11 is 11.9. The van der Waals surface area contributed by atoms with Crippen LogP contribution in [-0.2, 0) is 25.6 Å². The number of Topliss-reactive ketones (excluding diaryl/α,β-unsaturated/α-hetero) is 1. The molecule has 212 valence electrons. The van der Waals surface area contributed by atoms with E-state index >= 15 is 0 Å². The zero-order chi connectivity index (χ0) is 29.2. The molecule has 0 bridgehead atoms. The summed E-state index contributed by atoms with van der Waals surface area (Å²) in [5, 5.41) is 7.42. The molecule has 3 N–H and O–H groups in total. The van der Waals surface area contributed by atoms with Crippen molar-refractivity contribution in [3.05, 3.63) is 64.1 Å². The molecule has 39 heavy (non-hydrogen) atoms. The number of benzene rings is 2. The normalized spacial score (nSPS) is 12.8. The minimum Gasteiger partial charge on any atom is -0.484 e. The Labute approximate surface area is 235 Å². The molecule has 3 amide bonds. The van der Waals surface area contributed by atoms with E-state index in [2.05, 4.69) is 10.6 Å². The smallest absolute Gasteiger partial charge is 0.383 e. The number of ether oxygens (including phenoxy) is 1. The third kappa shape index (κ3) is 9.78. The number of alkyl halides is 2. The van der Waals surface area contributed by atoms with E-state index < -0.39 is 54.0 Å². The van der Waals surface area contributed by atoms with Gasteiger partial charge in [0.15, 0.2) is 6.61 Å². The number of rotatable bonds is 14. The number of carbonyl (C=O) groups excluding carboxylic acids is 4. The van der Waals surface area contributed by atoms with Crippen molar-refractivity contribution in [3.63, 3.8) is 0 Å². The van der Waals surface area contributed by atoms with Gasteiger partial charge in [-0.1, -0.05) is 74.3 Å². The van der Waals surface area contributed by atoms with Gasteiger partial charge in [-0.25, -0.2) is 0 Å². The molecule has 0 saturated heterocycles. The summed E-state index contributed by atoms with van der Waals surface area (Å²) in [6, 6.07) is 10.1. The van der Waals surface area contributed by atoms with Crippen LogP contribution in [0.15, 0.2) is 48.5 Å². The summed E-state index contributed by atoms with van der Waals surface area (Å²) in [6.07, 6.45) is 0.392. The van der Waals surface area contributed by atoms with Gasteiger partial charge in [-0.15, -0.1) is 0 Å². The van der Waals surface area contributed by atoms with Gasteiger partial charge in [0.25, 0.3) is 11.8 Å². The highest BCUT2D eigenvalue weighted by Gasteiger charge is 2.51. The summed E-state index contributed by atoms with van der Waals surface area (Å²) in [7, 11) is 0. The Kier molecular flexibility index (Phi) is 12.1. The lowest BCUT2D eigenvalue weighted by Crippen LogP contribution is -2.59. The number of ketones is 1. The highest BCUT2D eigenvalue weighted by molar-refractivity contribution is 6.34. The van der Waals surface area contributed by atoms with E-state index in [1.165, 1.54) is 32.0 Å². The summed E-state index contributed by atoms with van der Waals surface area (Å²) in [4.78, 5) is 50.6. The first-order valence-electron chi connectivity index (χ1n) is 12.3. The molecular weight excluding hydrogens is 555 g/mol. The van der Waals surface area contributed by atoms with Gasteiger partial charge in [-0.3, -0.25) is 19.2 Å². The van der Waals surface area contributed by atoms with Crippen LogP contribution in [0.1, 0.15) is 32.8 Å². The minimum absolute atomic E-state index is 0.00616. The fourth-order valence-electron chi connectivity index (χ4n) is 3.50. The van der Waals surface area contributed by atoms with E-state index in [1.54, 1.807) is 37.3 Å². The van der Waals surface area contributed by atoms with Crippen molar-refractivity contribution in [2.24, 2.45) is 5.92 Å². The van der Waals surface area contributed by atoms with Crippen molar-refractivity contribution in [2.75, 3.05) is 13.2 Å². The van der Waals surface area contributed by atoms with Gasteiger partial charge in [-0.2, -0.15) is 8.78 Å². The first-order chi connectivity index (χ1) is 18.3. The predicted octanol–water partition coefficient (Wildman–Crippen LogP) is 3.97. The second-order valence-electron chi connectivity index (χ2n) is 9.13. The molecule has 2 atom stereocenters. The largest absolute Gasteiger partial charge is 0.484 e. The predicted molar refractivity (Wildman–Crippen MR) is 144 cm³/mol. The first kappa shape index (κ1) is 32.0. The lowest BCUT2D eigenvalue weighted by Gasteiger charge is -2.27. The summed E-state index contributed by atoms with van der Waals surface area (Å²) in [6.45, 7) is 4.05. The Hall–Kier alpha value is -3.24. The van der Waals surface area contributed by atoms with Crippen molar-refractivity contribution in [2.45, 2.75) is 51.6 Å². The van der Waals surface area contributed by atoms with Gasteiger partial charge in [0.05, 0.1) is 6.04 Å². The molecule has 0 aliphatic heterocycles. The number of amides is 3. The molecule has 0 aromatic heterocycles. The quantitative estimate of drug-likeness (QED) is 0.290. The van der Waals surface area contributed by atoms with E-state index in [-0.39, 0.29) is 18.7 Å². The van der Waals surface area contributed by atoms with Gasteiger partial charge in [0.1, 0.15) is 11.8 Å². The van der Waals surface area contributed by atoms with Crippen LogP contribution in [0.4, 0.5) is 8.78 Å². The van der Waals surface area contributed by atoms with Crippen LogP contribution in [0.5, 0.6) is 5.75 Å². The molecule has 2 rings (SSSR count). The van der Waals surface area contributed by atoms with E-state index in [4.69, 9.17) is 27.9 Å². The molecule has 2 aromatic rings. The van der Waals surface area contributed by atoms with Crippen molar-refractivity contribution < 1.29 is 32.7 Å². The minimum atomic E-state index is -4.36. The lowest BCUT2D eigenvalue weighted by atomic mass is 9.94. The highest BCUT2D eigenvalue weighted by Crippen LogP contribution is 2.24. The van der Waals surface area contributed by atoms with E-state index in [9.17, 15) is 28.0 Å². The number of hydrogen-bond acceptors (Lipinski definition) is 5. The fourth-order valence-corrected chi connectivity index (χ4v) is 4.01. The van der Waals surface area contributed by atoms with Gasteiger partial charge < -0.3 is 20.7 Å². The van der Waals surface area contributed by atoms with Crippen LogP contribution in [0.25, 0.3) is 0 Å². The Bertz CT molecular complexity index is 1150. The molecule has 0 heterocycles. The molecule has 0 fully saturated rings. The molecule has 8 nitrogen and oxygen atoms in total. The first-order valence-corrected chi connectivity index (χ1v) is 13.0. The SMILES string of the molecule is CCCNC(=O)C(F)(F)C(=O)C(NC(=O)C(Cc1ccccc1)NC(=O)COc1cc(Cl)cc(Cl)c1)C(C)C. The van der Waals surface area contributed by atoms with Crippen LogP contribution in [0.3, 0.4) is 0 Å². The maximum absolute atomic E-state index is 14.7. The Morgan fingerprint density at radius 1 is 0.974 bits per heavy atom. The Morgan fingerprint density at radius 3 is 2.15 bits per heavy atom. The van der Waals surface area contributed by atoms with Crippen LogP contribution < -0.4 is 20.7 Å². The zero-order valence-corrected chi connectivity index (χ0v) is 23.2. The molecule has 0 spiro atoms. The molecule has 2 unspecified atom stereocenters. The van der Waals surface area contributed by atoms with Crippen LogP contribution in [0, 0.1) is 5.92 Å². The zero-order valence-electron chi connectivity index (χ0n) is 21.7. The summed E-state index contributed by atoms with van der Waals surface area (Å²) in [5.41, 5.74) is 0.664. The summed E-state index contributed by atoms with van der Waals surface area (Å²) < 4.78 is 34.7. The van der Waals surface area contributed by atoms with E-state index in [0.29, 0.717) is 22.0 Å². The summed E-state index contributed by atoms with van der Waals surface area (Å²) in [5.74, 6) is -9.97. The molecule has 2 aromatic carbocycles. The average molecular weight is 586 g/mol. The molecular formula is C27H31Cl2F2N3O5. The maximum Gasteiger partial charge on any atom is 0.383 e. The maximum atomic E-state index is 14.7. The molecule has 12 heteroatoms. The van der Waals surface area contributed by atoms with Crippen molar-refractivity contribution in [1.82, 2.24) is 16.0 Å². The Morgan fingerprint density at radius 2 is 1.59 bits per heavy atom. The second-order valence-corrected chi connectivity index (χ2v) is 10.0. The number of nitrogens with one attached hydrogen (secondary N) is 3. The third-order valence-electron chi connectivity index (χ3n) is 5.52.